The van der Waals surface area contributed by atoms with Crippen LogP contribution in [0.5, 0.6) is 0 Å². The van der Waals surface area contributed by atoms with Crippen LogP contribution < -0.4 is 10.2 Å². The minimum Gasteiger partial charge on any atom is -0.481 e. The molecule has 2 heterocycles. The molecule has 112 valence electrons. The molecule has 1 aromatic rings. The summed E-state index contributed by atoms with van der Waals surface area (Å²) in [4.78, 5) is 25.1. The van der Waals surface area contributed by atoms with Crippen molar-refractivity contribution in [2.24, 2.45) is 0 Å². The van der Waals surface area contributed by atoms with Crippen molar-refractivity contribution in [1.82, 2.24) is 5.32 Å². The largest absolute Gasteiger partial charge is 0.481 e. The molecule has 2 N–H and O–H groups in total. The number of nitrogens with one attached hydrogen (secondary N) is 1. The summed E-state index contributed by atoms with van der Waals surface area (Å²) in [5, 5.41) is 12.0. The number of para-hydroxylation sites is 1. The number of hydrogen-bond donors (Lipinski definition) is 2. The Hall–Kier alpha value is -2.04. The summed E-state index contributed by atoms with van der Waals surface area (Å²) in [6.07, 6.45) is 2.58. The van der Waals surface area contributed by atoms with E-state index in [1.165, 1.54) is 0 Å². The Morgan fingerprint density at radius 2 is 2.19 bits per heavy atom. The van der Waals surface area contributed by atoms with Crippen molar-refractivity contribution >= 4 is 17.6 Å². The average molecular weight is 288 g/mol. The van der Waals surface area contributed by atoms with E-state index < -0.39 is 5.97 Å². The molecule has 5 nitrogen and oxygen atoms in total. The van der Waals surface area contributed by atoms with E-state index in [1.54, 1.807) is 0 Å². The van der Waals surface area contributed by atoms with Crippen molar-refractivity contribution in [3.8, 4) is 0 Å². The molecule has 2 atom stereocenters. The van der Waals surface area contributed by atoms with Gasteiger partial charge < -0.3 is 15.3 Å². The Kier molecular flexibility index (Phi) is 3.82. The molecule has 21 heavy (non-hydrogen) atoms. The molecule has 0 spiro atoms. The maximum absolute atomic E-state index is 11.8. The first kappa shape index (κ1) is 13.9. The monoisotopic (exact) mass is 288 g/mol. The van der Waals surface area contributed by atoms with Gasteiger partial charge in [0.15, 0.2) is 0 Å². The molecule has 1 saturated heterocycles. The molecule has 0 aromatic heterocycles. The van der Waals surface area contributed by atoms with Crippen LogP contribution in [0.3, 0.4) is 0 Å². The van der Waals surface area contributed by atoms with Crippen molar-refractivity contribution in [1.29, 1.82) is 0 Å². The van der Waals surface area contributed by atoms with E-state index in [0.29, 0.717) is 13.0 Å². The van der Waals surface area contributed by atoms with Gasteiger partial charge in [-0.1, -0.05) is 18.2 Å². The van der Waals surface area contributed by atoms with Crippen LogP contribution in [-0.2, 0) is 9.59 Å². The number of amides is 1. The molecule has 1 fully saturated rings. The lowest BCUT2D eigenvalue weighted by molar-refractivity contribution is -0.137. The Morgan fingerprint density at radius 3 is 3.00 bits per heavy atom. The van der Waals surface area contributed by atoms with E-state index >= 15 is 0 Å². The molecule has 2 unspecified atom stereocenters. The van der Waals surface area contributed by atoms with Gasteiger partial charge in [0.25, 0.3) is 0 Å². The number of benzene rings is 1. The minimum atomic E-state index is -0.768. The zero-order valence-corrected chi connectivity index (χ0v) is 11.9. The van der Waals surface area contributed by atoms with E-state index in [9.17, 15) is 9.59 Å². The van der Waals surface area contributed by atoms with Crippen LogP contribution in [-0.4, -0.2) is 36.1 Å². The summed E-state index contributed by atoms with van der Waals surface area (Å²) in [5.74, 6) is -0.656. The fourth-order valence-corrected chi connectivity index (χ4v) is 3.48. The van der Waals surface area contributed by atoms with Crippen molar-refractivity contribution in [2.45, 2.75) is 37.6 Å². The number of rotatable bonds is 3. The van der Waals surface area contributed by atoms with Gasteiger partial charge in [0, 0.05) is 37.2 Å². The van der Waals surface area contributed by atoms with Crippen molar-refractivity contribution < 1.29 is 14.7 Å². The standard InChI is InChI=1S/C16H20N2O3/c19-15-9-12(4-3-7-17-15)18-10-11(8-16(20)21)13-5-1-2-6-14(13)18/h1-2,5-6,11-12H,3-4,7-10H2,(H,17,19)(H,20,21). The van der Waals surface area contributed by atoms with Crippen LogP contribution in [0.2, 0.25) is 0 Å². The van der Waals surface area contributed by atoms with Gasteiger partial charge in [-0.15, -0.1) is 0 Å². The second-order valence-corrected chi connectivity index (χ2v) is 5.86. The van der Waals surface area contributed by atoms with Crippen LogP contribution in [0, 0.1) is 0 Å². The van der Waals surface area contributed by atoms with Gasteiger partial charge in [-0.2, -0.15) is 0 Å². The minimum absolute atomic E-state index is 0.0185. The fraction of sp³-hybridized carbons (Fsp3) is 0.500. The highest BCUT2D eigenvalue weighted by Gasteiger charge is 2.34. The zero-order valence-electron chi connectivity index (χ0n) is 11.9. The van der Waals surface area contributed by atoms with Crippen LogP contribution >= 0.6 is 0 Å². The van der Waals surface area contributed by atoms with Crippen molar-refractivity contribution in [3.63, 3.8) is 0 Å². The first-order valence-electron chi connectivity index (χ1n) is 7.49. The maximum atomic E-state index is 11.8. The van der Waals surface area contributed by atoms with Crippen LogP contribution in [0.15, 0.2) is 24.3 Å². The topological polar surface area (TPSA) is 69.6 Å². The zero-order chi connectivity index (χ0) is 14.8. The Labute approximate surface area is 123 Å². The third kappa shape index (κ3) is 2.86. The van der Waals surface area contributed by atoms with Crippen molar-refractivity contribution in [3.05, 3.63) is 29.8 Å². The van der Waals surface area contributed by atoms with Gasteiger partial charge in [-0.25, -0.2) is 0 Å². The van der Waals surface area contributed by atoms with Gasteiger partial charge in [-0.3, -0.25) is 9.59 Å². The van der Waals surface area contributed by atoms with E-state index in [1.807, 2.05) is 24.3 Å². The summed E-state index contributed by atoms with van der Waals surface area (Å²) >= 11 is 0. The highest BCUT2D eigenvalue weighted by atomic mass is 16.4. The predicted octanol–water partition coefficient (Wildman–Crippen LogP) is 1.73. The molecule has 5 heteroatoms. The SMILES string of the molecule is O=C(O)CC1CN(C2CCCNC(=O)C2)c2ccccc21. The summed E-state index contributed by atoms with van der Waals surface area (Å²) in [6.45, 7) is 1.44. The second kappa shape index (κ2) is 5.76. The molecule has 2 aliphatic heterocycles. The van der Waals surface area contributed by atoms with Gasteiger partial charge >= 0.3 is 5.97 Å². The van der Waals surface area contributed by atoms with Crippen LogP contribution in [0.1, 0.15) is 37.2 Å². The number of hydrogen-bond acceptors (Lipinski definition) is 3. The molecule has 2 aliphatic rings. The lowest BCUT2D eigenvalue weighted by atomic mass is 9.98. The summed E-state index contributed by atoms with van der Waals surface area (Å²) in [7, 11) is 0. The average Bonchev–Trinajstić information content (AvgIpc) is 2.66. The van der Waals surface area contributed by atoms with Gasteiger partial charge in [0.2, 0.25) is 5.91 Å². The van der Waals surface area contributed by atoms with E-state index in [-0.39, 0.29) is 24.3 Å². The number of nitrogens with zero attached hydrogens (tertiary/aromatic N) is 1. The predicted molar refractivity (Wildman–Crippen MR) is 79.4 cm³/mol. The Balaban J connectivity index is 1.86. The number of aliphatic carboxylic acids is 1. The first-order chi connectivity index (χ1) is 10.1. The first-order valence-corrected chi connectivity index (χ1v) is 7.49. The molecule has 3 rings (SSSR count). The lowest BCUT2D eigenvalue weighted by Gasteiger charge is -2.29. The van der Waals surface area contributed by atoms with Gasteiger partial charge in [0.1, 0.15) is 0 Å². The third-order valence-corrected chi connectivity index (χ3v) is 4.42. The molecule has 0 bridgehead atoms. The Bertz CT molecular complexity index is 558. The van der Waals surface area contributed by atoms with Crippen LogP contribution in [0.4, 0.5) is 5.69 Å². The van der Waals surface area contributed by atoms with E-state index in [0.717, 1.165) is 30.6 Å². The second-order valence-electron chi connectivity index (χ2n) is 5.86. The number of carbonyl (C=O) groups is 2. The molecule has 1 amide bonds. The molecular formula is C16H20N2O3. The summed E-state index contributed by atoms with van der Waals surface area (Å²) in [6, 6.07) is 8.16. The molecule has 0 aliphatic carbocycles. The maximum Gasteiger partial charge on any atom is 0.304 e. The number of fused-ring (bicyclic) bond motifs is 1. The lowest BCUT2D eigenvalue weighted by Crippen LogP contribution is -2.36. The number of anilines is 1. The van der Waals surface area contributed by atoms with Crippen molar-refractivity contribution in [2.75, 3.05) is 18.0 Å². The normalized spacial score (nSPS) is 25.1. The van der Waals surface area contributed by atoms with E-state index in [2.05, 4.69) is 10.2 Å². The fourth-order valence-electron chi connectivity index (χ4n) is 3.48. The summed E-state index contributed by atoms with van der Waals surface area (Å²) in [5.41, 5.74) is 2.20. The van der Waals surface area contributed by atoms with E-state index in [4.69, 9.17) is 5.11 Å². The number of carboxylic acids is 1. The molecular weight excluding hydrogens is 268 g/mol. The molecule has 0 saturated carbocycles. The third-order valence-electron chi connectivity index (χ3n) is 4.42. The van der Waals surface area contributed by atoms with Gasteiger partial charge in [0.05, 0.1) is 6.42 Å². The quantitative estimate of drug-likeness (QED) is 0.889. The van der Waals surface area contributed by atoms with Gasteiger partial charge in [-0.05, 0) is 24.5 Å². The molecule has 1 aromatic carbocycles. The highest BCUT2D eigenvalue weighted by molar-refractivity contribution is 5.78. The highest BCUT2D eigenvalue weighted by Crippen LogP contribution is 2.40. The van der Waals surface area contributed by atoms with Crippen LogP contribution in [0.25, 0.3) is 0 Å². The Morgan fingerprint density at radius 1 is 1.38 bits per heavy atom. The number of carboxylic acid groups (broad SMARTS) is 1. The molecule has 0 radical (unpaired) electrons. The summed E-state index contributed by atoms with van der Waals surface area (Å²) < 4.78 is 0. The smallest absolute Gasteiger partial charge is 0.304 e. The number of carbonyl (C=O) groups excluding carboxylic acids is 1.